The zero-order valence-corrected chi connectivity index (χ0v) is 9.56. The van der Waals surface area contributed by atoms with E-state index >= 15 is 0 Å². The van der Waals surface area contributed by atoms with E-state index in [0.29, 0.717) is 12.5 Å². The maximum absolute atomic E-state index is 11.9. The number of aliphatic carboxylic acids is 1. The molecule has 3 unspecified atom stereocenters. The molecule has 0 aromatic carbocycles. The topological polar surface area (TPSA) is 57.6 Å². The second-order valence-corrected chi connectivity index (χ2v) is 4.39. The largest absolute Gasteiger partial charge is 0.481 e. The number of nitrogens with zero attached hydrogens (tertiary/aromatic N) is 1. The first-order chi connectivity index (χ1) is 6.97. The number of rotatable bonds is 5. The van der Waals surface area contributed by atoms with Gasteiger partial charge in [0.25, 0.3) is 0 Å². The van der Waals surface area contributed by atoms with Crippen molar-refractivity contribution in [2.24, 2.45) is 11.8 Å². The van der Waals surface area contributed by atoms with Crippen LogP contribution < -0.4 is 0 Å². The minimum atomic E-state index is -0.849. The second kappa shape index (κ2) is 4.64. The molecule has 1 aliphatic rings. The van der Waals surface area contributed by atoms with E-state index < -0.39 is 5.97 Å². The van der Waals surface area contributed by atoms with Crippen LogP contribution in [0.4, 0.5) is 0 Å². The van der Waals surface area contributed by atoms with Crippen molar-refractivity contribution in [2.45, 2.75) is 39.7 Å². The van der Waals surface area contributed by atoms with Gasteiger partial charge in [0.15, 0.2) is 0 Å². The molecule has 15 heavy (non-hydrogen) atoms. The third-order valence-electron chi connectivity index (χ3n) is 3.05. The van der Waals surface area contributed by atoms with Gasteiger partial charge in [-0.1, -0.05) is 6.92 Å². The van der Waals surface area contributed by atoms with Gasteiger partial charge in [0.2, 0.25) is 5.91 Å². The Kier molecular flexibility index (Phi) is 3.72. The molecule has 1 aliphatic carbocycles. The fourth-order valence-electron chi connectivity index (χ4n) is 1.93. The van der Waals surface area contributed by atoms with E-state index in [4.69, 9.17) is 5.11 Å². The summed E-state index contributed by atoms with van der Waals surface area (Å²) in [6, 6.07) is -0.201. The van der Waals surface area contributed by atoms with Crippen LogP contribution in [0.5, 0.6) is 0 Å². The molecule has 86 valence electrons. The van der Waals surface area contributed by atoms with E-state index in [1.165, 1.54) is 0 Å². The second-order valence-electron chi connectivity index (χ2n) is 4.39. The summed E-state index contributed by atoms with van der Waals surface area (Å²) in [5, 5.41) is 8.68. The third kappa shape index (κ3) is 2.94. The first-order valence-electron chi connectivity index (χ1n) is 5.49. The molecular weight excluding hydrogens is 194 g/mol. The van der Waals surface area contributed by atoms with Crippen LogP contribution in [-0.2, 0) is 9.59 Å². The standard InChI is InChI=1S/C11H19NO3/c1-4-12(8(3)6-10(13)14)11(15)9-5-7(9)2/h7-9H,4-6H2,1-3H3,(H,13,14). The Morgan fingerprint density at radius 1 is 1.53 bits per heavy atom. The number of hydrogen-bond acceptors (Lipinski definition) is 2. The van der Waals surface area contributed by atoms with E-state index in [-0.39, 0.29) is 24.3 Å². The van der Waals surface area contributed by atoms with Gasteiger partial charge in [-0.05, 0) is 26.2 Å². The maximum atomic E-state index is 11.9. The number of carbonyl (C=O) groups excluding carboxylic acids is 1. The van der Waals surface area contributed by atoms with Crippen molar-refractivity contribution in [1.29, 1.82) is 0 Å². The van der Waals surface area contributed by atoms with Crippen molar-refractivity contribution in [2.75, 3.05) is 6.54 Å². The highest BCUT2D eigenvalue weighted by atomic mass is 16.4. The maximum Gasteiger partial charge on any atom is 0.305 e. The normalized spacial score (nSPS) is 25.8. The van der Waals surface area contributed by atoms with E-state index in [1.54, 1.807) is 11.8 Å². The Bertz CT molecular complexity index is 265. The summed E-state index contributed by atoms with van der Waals surface area (Å²) in [7, 11) is 0. The lowest BCUT2D eigenvalue weighted by atomic mass is 10.1. The molecule has 3 atom stereocenters. The van der Waals surface area contributed by atoms with Gasteiger partial charge < -0.3 is 10.0 Å². The first-order valence-corrected chi connectivity index (χ1v) is 5.49. The predicted molar refractivity (Wildman–Crippen MR) is 56.4 cm³/mol. The summed E-state index contributed by atoms with van der Waals surface area (Å²) in [6.07, 6.45) is 0.982. The van der Waals surface area contributed by atoms with Crippen LogP contribution in [0.15, 0.2) is 0 Å². The number of carboxylic acid groups (broad SMARTS) is 1. The average Bonchev–Trinajstić information content (AvgIpc) is 2.82. The summed E-state index contributed by atoms with van der Waals surface area (Å²) in [4.78, 5) is 24.2. The van der Waals surface area contributed by atoms with E-state index in [1.807, 2.05) is 6.92 Å². The van der Waals surface area contributed by atoms with Crippen LogP contribution in [-0.4, -0.2) is 34.5 Å². The quantitative estimate of drug-likeness (QED) is 0.750. The fourth-order valence-corrected chi connectivity index (χ4v) is 1.93. The molecule has 0 spiro atoms. The van der Waals surface area contributed by atoms with Crippen molar-refractivity contribution >= 4 is 11.9 Å². The summed E-state index contributed by atoms with van der Waals surface area (Å²) in [5.41, 5.74) is 0. The van der Waals surface area contributed by atoms with Crippen molar-refractivity contribution in [1.82, 2.24) is 4.90 Å². The van der Waals surface area contributed by atoms with Gasteiger partial charge in [-0.3, -0.25) is 9.59 Å². The number of carbonyl (C=O) groups is 2. The van der Waals surface area contributed by atoms with Crippen LogP contribution >= 0.6 is 0 Å². The van der Waals surface area contributed by atoms with Crippen molar-refractivity contribution < 1.29 is 14.7 Å². The number of hydrogen-bond donors (Lipinski definition) is 1. The zero-order chi connectivity index (χ0) is 11.6. The highest BCUT2D eigenvalue weighted by Crippen LogP contribution is 2.39. The SMILES string of the molecule is CCN(C(=O)C1CC1C)C(C)CC(=O)O. The van der Waals surface area contributed by atoms with Crippen LogP contribution in [0.2, 0.25) is 0 Å². The summed E-state index contributed by atoms with van der Waals surface area (Å²) in [6.45, 7) is 6.33. The van der Waals surface area contributed by atoms with Crippen LogP contribution in [0.3, 0.4) is 0 Å². The highest BCUT2D eigenvalue weighted by Gasteiger charge is 2.42. The van der Waals surface area contributed by atoms with Crippen LogP contribution in [0, 0.1) is 11.8 Å². The zero-order valence-electron chi connectivity index (χ0n) is 9.56. The lowest BCUT2D eigenvalue weighted by molar-refractivity contribution is -0.140. The lowest BCUT2D eigenvalue weighted by Gasteiger charge is -2.27. The minimum Gasteiger partial charge on any atom is -0.481 e. The Hall–Kier alpha value is -1.06. The first kappa shape index (κ1) is 12.0. The van der Waals surface area contributed by atoms with Gasteiger partial charge in [-0.2, -0.15) is 0 Å². The summed E-state index contributed by atoms with van der Waals surface area (Å²) < 4.78 is 0. The third-order valence-corrected chi connectivity index (χ3v) is 3.05. The van der Waals surface area contributed by atoms with Crippen molar-refractivity contribution in [3.05, 3.63) is 0 Å². The molecule has 1 fully saturated rings. The molecule has 0 aliphatic heterocycles. The highest BCUT2D eigenvalue weighted by molar-refractivity contribution is 5.82. The summed E-state index contributed by atoms with van der Waals surface area (Å²) in [5.74, 6) is -0.110. The molecule has 0 radical (unpaired) electrons. The Morgan fingerprint density at radius 2 is 2.07 bits per heavy atom. The Labute approximate surface area is 90.3 Å². The van der Waals surface area contributed by atoms with Gasteiger partial charge >= 0.3 is 5.97 Å². The molecule has 0 aromatic rings. The van der Waals surface area contributed by atoms with Gasteiger partial charge in [0, 0.05) is 18.5 Å². The van der Waals surface area contributed by atoms with E-state index in [9.17, 15) is 9.59 Å². The Morgan fingerprint density at radius 3 is 2.40 bits per heavy atom. The summed E-state index contributed by atoms with van der Waals surface area (Å²) >= 11 is 0. The molecule has 4 nitrogen and oxygen atoms in total. The molecule has 0 saturated heterocycles. The average molecular weight is 213 g/mol. The number of amides is 1. The van der Waals surface area contributed by atoms with Gasteiger partial charge in [0.05, 0.1) is 6.42 Å². The molecule has 0 aromatic heterocycles. The molecule has 4 heteroatoms. The lowest BCUT2D eigenvalue weighted by Crippen LogP contribution is -2.40. The van der Waals surface area contributed by atoms with E-state index in [0.717, 1.165) is 6.42 Å². The fraction of sp³-hybridized carbons (Fsp3) is 0.818. The number of carboxylic acids is 1. The van der Waals surface area contributed by atoms with Crippen LogP contribution in [0.25, 0.3) is 0 Å². The molecule has 1 N–H and O–H groups in total. The van der Waals surface area contributed by atoms with E-state index in [2.05, 4.69) is 6.92 Å². The minimum absolute atomic E-state index is 0.0285. The van der Waals surface area contributed by atoms with Gasteiger partial charge in [-0.25, -0.2) is 0 Å². The predicted octanol–water partition coefficient (Wildman–Crippen LogP) is 1.35. The molecule has 1 rings (SSSR count). The van der Waals surface area contributed by atoms with Crippen molar-refractivity contribution in [3.63, 3.8) is 0 Å². The molecule has 0 heterocycles. The molecule has 1 saturated carbocycles. The Balaban J connectivity index is 2.54. The smallest absolute Gasteiger partial charge is 0.305 e. The van der Waals surface area contributed by atoms with Gasteiger partial charge in [-0.15, -0.1) is 0 Å². The van der Waals surface area contributed by atoms with Gasteiger partial charge in [0.1, 0.15) is 0 Å². The monoisotopic (exact) mass is 213 g/mol. The van der Waals surface area contributed by atoms with Crippen molar-refractivity contribution in [3.8, 4) is 0 Å². The molecule has 1 amide bonds. The molecule has 0 bridgehead atoms. The van der Waals surface area contributed by atoms with Crippen LogP contribution in [0.1, 0.15) is 33.6 Å². The molecular formula is C11H19NO3.